The third kappa shape index (κ3) is 3.85. The lowest BCUT2D eigenvalue weighted by molar-refractivity contribution is -0.137. The molecule has 3 aromatic heterocycles. The van der Waals surface area contributed by atoms with Crippen LogP contribution in [0.5, 0.6) is 0 Å². The van der Waals surface area contributed by atoms with Crippen molar-refractivity contribution in [1.82, 2.24) is 19.9 Å². The van der Waals surface area contributed by atoms with Gasteiger partial charge in [0.25, 0.3) is 5.91 Å². The van der Waals surface area contributed by atoms with Crippen molar-refractivity contribution in [2.45, 2.75) is 12.7 Å². The first-order chi connectivity index (χ1) is 12.4. The number of carbonyl (C=O) groups is 1. The summed E-state index contributed by atoms with van der Waals surface area (Å²) in [5.41, 5.74) is 0.104. The molecule has 0 fully saturated rings. The third-order valence-electron chi connectivity index (χ3n) is 3.56. The van der Waals surface area contributed by atoms with Crippen LogP contribution in [0.25, 0.3) is 5.82 Å². The lowest BCUT2D eigenvalue weighted by Gasteiger charge is -2.12. The standard InChI is InChI=1S/C17H12ClF3N4O/c18-13-8-12(17(19,20)21)10-23-15(13)25-7-1-2-14(25)16(26)24-9-11-3-5-22-6-4-11/h1-8,10H,9H2,(H,24,26). The summed E-state index contributed by atoms with van der Waals surface area (Å²) < 4.78 is 39.5. The Balaban J connectivity index is 1.83. The van der Waals surface area contributed by atoms with Gasteiger partial charge in [0, 0.05) is 31.3 Å². The molecule has 0 saturated carbocycles. The van der Waals surface area contributed by atoms with E-state index in [0.717, 1.165) is 11.6 Å². The fraction of sp³-hybridized carbons (Fsp3) is 0.118. The summed E-state index contributed by atoms with van der Waals surface area (Å²) in [6.45, 7) is 0.278. The first kappa shape index (κ1) is 17.9. The fourth-order valence-corrected chi connectivity index (χ4v) is 2.54. The second-order valence-corrected chi connectivity index (χ2v) is 5.74. The molecule has 0 aliphatic rings. The van der Waals surface area contributed by atoms with Gasteiger partial charge in [0.2, 0.25) is 0 Å². The molecule has 0 spiro atoms. The molecule has 0 saturated heterocycles. The summed E-state index contributed by atoms with van der Waals surface area (Å²) in [7, 11) is 0. The highest BCUT2D eigenvalue weighted by molar-refractivity contribution is 6.32. The van der Waals surface area contributed by atoms with Gasteiger partial charge in [-0.2, -0.15) is 13.2 Å². The Morgan fingerprint density at radius 1 is 1.23 bits per heavy atom. The van der Waals surface area contributed by atoms with Crippen LogP contribution in [-0.4, -0.2) is 20.4 Å². The molecular formula is C17H12ClF3N4O. The molecule has 0 radical (unpaired) electrons. The van der Waals surface area contributed by atoms with E-state index in [2.05, 4.69) is 15.3 Å². The van der Waals surface area contributed by atoms with Crippen molar-refractivity contribution in [2.75, 3.05) is 0 Å². The summed E-state index contributed by atoms with van der Waals surface area (Å²) >= 11 is 5.95. The lowest BCUT2D eigenvalue weighted by atomic mass is 10.2. The number of amides is 1. The summed E-state index contributed by atoms with van der Waals surface area (Å²) in [4.78, 5) is 20.1. The van der Waals surface area contributed by atoms with E-state index in [1.807, 2.05) is 0 Å². The number of halogens is 4. The number of nitrogens with zero attached hydrogens (tertiary/aromatic N) is 3. The molecule has 0 unspecified atom stereocenters. The zero-order valence-corrected chi connectivity index (χ0v) is 13.9. The first-order valence-corrected chi connectivity index (χ1v) is 7.81. The number of pyridine rings is 2. The van der Waals surface area contributed by atoms with Crippen LogP contribution < -0.4 is 5.32 Å². The van der Waals surface area contributed by atoms with E-state index in [0.29, 0.717) is 6.20 Å². The minimum absolute atomic E-state index is 0.0405. The summed E-state index contributed by atoms with van der Waals surface area (Å²) in [5.74, 6) is -0.372. The Bertz CT molecular complexity index is 925. The second-order valence-electron chi connectivity index (χ2n) is 5.33. The quantitative estimate of drug-likeness (QED) is 0.747. The van der Waals surface area contributed by atoms with Crippen LogP contribution >= 0.6 is 11.6 Å². The summed E-state index contributed by atoms with van der Waals surface area (Å²) in [5, 5.41) is 2.52. The Morgan fingerprint density at radius 3 is 2.62 bits per heavy atom. The highest BCUT2D eigenvalue weighted by Gasteiger charge is 2.32. The van der Waals surface area contributed by atoms with Crippen LogP contribution in [0, 0.1) is 0 Å². The minimum Gasteiger partial charge on any atom is -0.347 e. The van der Waals surface area contributed by atoms with Gasteiger partial charge in [0.1, 0.15) is 5.69 Å². The Kier molecular flexibility index (Phi) is 4.94. The number of rotatable bonds is 4. The largest absolute Gasteiger partial charge is 0.417 e. The van der Waals surface area contributed by atoms with Crippen LogP contribution in [-0.2, 0) is 12.7 Å². The molecule has 3 rings (SSSR count). The van der Waals surface area contributed by atoms with Crippen LogP contribution in [0.4, 0.5) is 13.2 Å². The number of hydrogen-bond donors (Lipinski definition) is 1. The zero-order chi connectivity index (χ0) is 18.7. The average Bonchev–Trinajstić information content (AvgIpc) is 3.09. The van der Waals surface area contributed by atoms with Crippen LogP contribution in [0.1, 0.15) is 21.6 Å². The topological polar surface area (TPSA) is 59.8 Å². The van der Waals surface area contributed by atoms with Crippen molar-refractivity contribution in [1.29, 1.82) is 0 Å². The number of hydrogen-bond acceptors (Lipinski definition) is 3. The van der Waals surface area contributed by atoms with Crippen molar-refractivity contribution in [3.8, 4) is 5.82 Å². The predicted octanol–water partition coefficient (Wildman–Crippen LogP) is 3.87. The van der Waals surface area contributed by atoms with Gasteiger partial charge in [0.15, 0.2) is 5.82 Å². The van der Waals surface area contributed by atoms with Gasteiger partial charge < -0.3 is 5.32 Å². The number of nitrogens with one attached hydrogen (secondary N) is 1. The monoisotopic (exact) mass is 380 g/mol. The minimum atomic E-state index is -4.55. The van der Waals surface area contributed by atoms with Crippen LogP contribution in [0.3, 0.4) is 0 Å². The molecule has 0 bridgehead atoms. The maximum Gasteiger partial charge on any atom is 0.417 e. The van der Waals surface area contributed by atoms with Gasteiger partial charge in [-0.05, 0) is 35.9 Å². The van der Waals surface area contributed by atoms with E-state index in [1.54, 1.807) is 30.6 Å². The third-order valence-corrected chi connectivity index (χ3v) is 3.84. The maximum absolute atomic E-state index is 12.7. The van der Waals surface area contributed by atoms with Crippen molar-refractivity contribution in [3.05, 3.63) is 77.0 Å². The van der Waals surface area contributed by atoms with Gasteiger partial charge in [-0.1, -0.05) is 11.6 Å². The normalized spacial score (nSPS) is 11.4. The predicted molar refractivity (Wildman–Crippen MR) is 89.0 cm³/mol. The Labute approximate surface area is 151 Å². The molecule has 0 atom stereocenters. The SMILES string of the molecule is O=C(NCc1ccncc1)c1cccn1-c1ncc(C(F)(F)F)cc1Cl. The zero-order valence-electron chi connectivity index (χ0n) is 13.2. The van der Waals surface area contributed by atoms with Crippen molar-refractivity contribution >= 4 is 17.5 Å². The van der Waals surface area contributed by atoms with Gasteiger partial charge in [-0.15, -0.1) is 0 Å². The fourth-order valence-electron chi connectivity index (χ4n) is 2.29. The summed E-state index contributed by atoms with van der Waals surface area (Å²) in [6, 6.07) is 7.40. The average molecular weight is 381 g/mol. The molecule has 0 aliphatic carbocycles. The van der Waals surface area contributed by atoms with Gasteiger partial charge in [-0.25, -0.2) is 4.98 Å². The number of alkyl halides is 3. The van der Waals surface area contributed by atoms with Crippen molar-refractivity contribution < 1.29 is 18.0 Å². The van der Waals surface area contributed by atoms with E-state index in [1.165, 1.54) is 16.8 Å². The van der Waals surface area contributed by atoms with Gasteiger partial charge in [-0.3, -0.25) is 14.3 Å². The van der Waals surface area contributed by atoms with E-state index < -0.39 is 17.6 Å². The summed E-state index contributed by atoms with van der Waals surface area (Å²) in [6.07, 6.45) is 0.853. The molecule has 134 valence electrons. The maximum atomic E-state index is 12.7. The van der Waals surface area contributed by atoms with Crippen LogP contribution in [0.15, 0.2) is 55.1 Å². The molecule has 1 amide bonds. The Morgan fingerprint density at radius 2 is 1.96 bits per heavy atom. The molecule has 3 heterocycles. The molecule has 9 heteroatoms. The second kappa shape index (κ2) is 7.17. The smallest absolute Gasteiger partial charge is 0.347 e. The molecule has 3 aromatic rings. The van der Waals surface area contributed by atoms with E-state index in [-0.39, 0.29) is 23.1 Å². The van der Waals surface area contributed by atoms with Gasteiger partial charge >= 0.3 is 6.18 Å². The van der Waals surface area contributed by atoms with E-state index in [4.69, 9.17) is 11.6 Å². The van der Waals surface area contributed by atoms with E-state index >= 15 is 0 Å². The molecular weight excluding hydrogens is 369 g/mol. The van der Waals surface area contributed by atoms with Gasteiger partial charge in [0.05, 0.1) is 10.6 Å². The molecule has 26 heavy (non-hydrogen) atoms. The number of carbonyl (C=O) groups excluding carboxylic acids is 1. The lowest BCUT2D eigenvalue weighted by Crippen LogP contribution is -2.25. The molecule has 0 aromatic carbocycles. The first-order valence-electron chi connectivity index (χ1n) is 7.44. The van der Waals surface area contributed by atoms with Crippen LogP contribution in [0.2, 0.25) is 5.02 Å². The highest BCUT2D eigenvalue weighted by atomic mass is 35.5. The molecule has 1 N–H and O–H groups in total. The van der Waals surface area contributed by atoms with Crippen molar-refractivity contribution in [3.63, 3.8) is 0 Å². The van der Waals surface area contributed by atoms with Crippen molar-refractivity contribution in [2.24, 2.45) is 0 Å². The number of aromatic nitrogens is 3. The Hall–Kier alpha value is -2.87. The molecule has 5 nitrogen and oxygen atoms in total. The molecule has 0 aliphatic heterocycles. The van der Waals surface area contributed by atoms with E-state index in [9.17, 15) is 18.0 Å². The highest BCUT2D eigenvalue weighted by Crippen LogP contribution is 2.32.